The molecule has 8 heteroatoms. The van der Waals surface area contributed by atoms with E-state index in [-0.39, 0.29) is 28.3 Å². The van der Waals surface area contributed by atoms with Crippen LogP contribution in [0.4, 0.5) is 0 Å². The third-order valence-electron chi connectivity index (χ3n) is 3.39. The number of pyridine rings is 1. The topological polar surface area (TPSA) is 76.6 Å². The van der Waals surface area contributed by atoms with Crippen molar-refractivity contribution in [3.05, 3.63) is 22.8 Å². The van der Waals surface area contributed by atoms with Gasteiger partial charge < -0.3 is 9.64 Å². The van der Waals surface area contributed by atoms with Gasteiger partial charge in [-0.3, -0.25) is 4.79 Å². The normalized spacial score (nSPS) is 20.2. The predicted molar refractivity (Wildman–Crippen MR) is 79.6 cm³/mol. The van der Waals surface area contributed by atoms with Crippen LogP contribution in [0.5, 0.6) is 5.88 Å². The van der Waals surface area contributed by atoms with E-state index in [4.69, 9.17) is 16.3 Å². The molecule has 1 amide bonds. The molecule has 1 aliphatic heterocycles. The summed E-state index contributed by atoms with van der Waals surface area (Å²) in [5, 5.41) is 0.219. The largest absolute Gasteiger partial charge is 0.478 e. The van der Waals surface area contributed by atoms with E-state index in [9.17, 15) is 13.2 Å². The van der Waals surface area contributed by atoms with E-state index in [0.717, 1.165) is 0 Å². The zero-order valence-electron chi connectivity index (χ0n) is 11.9. The van der Waals surface area contributed by atoms with Crippen LogP contribution in [0.2, 0.25) is 5.02 Å². The lowest BCUT2D eigenvalue weighted by Gasteiger charge is -2.23. The first-order chi connectivity index (χ1) is 9.84. The monoisotopic (exact) mass is 332 g/mol. The van der Waals surface area contributed by atoms with Crippen LogP contribution < -0.4 is 4.74 Å². The Hall–Kier alpha value is -1.34. The van der Waals surface area contributed by atoms with E-state index in [1.54, 1.807) is 19.2 Å². The van der Waals surface area contributed by atoms with Crippen LogP contribution in [0.15, 0.2) is 12.1 Å². The summed E-state index contributed by atoms with van der Waals surface area (Å²) in [4.78, 5) is 17.9. The van der Waals surface area contributed by atoms with Crippen molar-refractivity contribution in [1.82, 2.24) is 9.88 Å². The van der Waals surface area contributed by atoms with Gasteiger partial charge >= 0.3 is 0 Å². The summed E-state index contributed by atoms with van der Waals surface area (Å²) in [5.74, 6) is 0.00863. The van der Waals surface area contributed by atoms with Gasteiger partial charge in [0, 0.05) is 19.2 Å². The molecule has 0 radical (unpaired) electrons. The van der Waals surface area contributed by atoms with E-state index in [2.05, 4.69) is 4.98 Å². The lowest BCUT2D eigenvalue weighted by molar-refractivity contribution is 0.0740. The highest BCUT2D eigenvalue weighted by molar-refractivity contribution is 7.91. The van der Waals surface area contributed by atoms with Crippen LogP contribution in [0.25, 0.3) is 0 Å². The number of sulfone groups is 1. The molecule has 0 saturated carbocycles. The minimum absolute atomic E-state index is 0.0159. The Kier molecular flexibility index (Phi) is 4.73. The van der Waals surface area contributed by atoms with E-state index >= 15 is 0 Å². The molecule has 1 aromatic heterocycles. The molecule has 0 aromatic carbocycles. The average Bonchev–Trinajstić information content (AvgIpc) is 2.80. The van der Waals surface area contributed by atoms with Gasteiger partial charge in [0.25, 0.3) is 5.91 Å². The highest BCUT2D eigenvalue weighted by Crippen LogP contribution is 2.23. The molecule has 0 bridgehead atoms. The van der Waals surface area contributed by atoms with Crippen molar-refractivity contribution in [3.63, 3.8) is 0 Å². The van der Waals surface area contributed by atoms with Crippen molar-refractivity contribution < 1.29 is 17.9 Å². The molecule has 1 aliphatic rings. The number of hydrogen-bond acceptors (Lipinski definition) is 5. The van der Waals surface area contributed by atoms with E-state index in [1.165, 1.54) is 4.90 Å². The second-order valence-corrected chi connectivity index (χ2v) is 7.52. The Morgan fingerprint density at radius 3 is 2.81 bits per heavy atom. The Morgan fingerprint density at radius 2 is 2.24 bits per heavy atom. The maximum Gasteiger partial charge on any atom is 0.274 e. The molecule has 6 nitrogen and oxygen atoms in total. The van der Waals surface area contributed by atoms with Gasteiger partial charge in [0.15, 0.2) is 15.5 Å². The Morgan fingerprint density at radius 1 is 1.52 bits per heavy atom. The second-order valence-electron chi connectivity index (χ2n) is 4.89. The number of ether oxygens (including phenoxy) is 1. The SMILES string of the molecule is CCOc1ccc(Cl)c(C(=O)N(C)[C@@H]2CCS(=O)(=O)C2)n1. The van der Waals surface area contributed by atoms with Gasteiger partial charge in [-0.05, 0) is 19.4 Å². The Balaban J connectivity index is 2.21. The maximum atomic E-state index is 12.4. The molecular formula is C13H17ClN2O4S. The van der Waals surface area contributed by atoms with Crippen molar-refractivity contribution in [3.8, 4) is 5.88 Å². The van der Waals surface area contributed by atoms with Gasteiger partial charge in [0.1, 0.15) is 0 Å². The number of carbonyl (C=O) groups is 1. The molecule has 1 saturated heterocycles. The third kappa shape index (κ3) is 3.65. The minimum atomic E-state index is -3.06. The molecule has 21 heavy (non-hydrogen) atoms. The number of rotatable bonds is 4. The van der Waals surface area contributed by atoms with E-state index in [1.807, 2.05) is 6.92 Å². The fraction of sp³-hybridized carbons (Fsp3) is 0.538. The van der Waals surface area contributed by atoms with Crippen molar-refractivity contribution in [2.24, 2.45) is 0 Å². The molecule has 116 valence electrons. The van der Waals surface area contributed by atoms with Gasteiger partial charge in [0.2, 0.25) is 5.88 Å². The molecule has 1 atom stereocenters. The van der Waals surface area contributed by atoms with Crippen LogP contribution in [0, 0.1) is 0 Å². The molecule has 1 aromatic rings. The quantitative estimate of drug-likeness (QED) is 0.832. The van der Waals surface area contributed by atoms with Gasteiger partial charge in [-0.15, -0.1) is 0 Å². The number of halogens is 1. The van der Waals surface area contributed by atoms with Gasteiger partial charge in [0.05, 0.1) is 23.1 Å². The number of aromatic nitrogens is 1. The minimum Gasteiger partial charge on any atom is -0.478 e. The molecule has 2 heterocycles. The fourth-order valence-electron chi connectivity index (χ4n) is 2.22. The summed E-state index contributed by atoms with van der Waals surface area (Å²) < 4.78 is 28.3. The number of nitrogens with zero attached hydrogens (tertiary/aromatic N) is 2. The van der Waals surface area contributed by atoms with Crippen LogP contribution in [0.1, 0.15) is 23.8 Å². The molecule has 1 fully saturated rings. The summed E-state index contributed by atoms with van der Waals surface area (Å²) in [6.45, 7) is 2.24. The average molecular weight is 333 g/mol. The number of amides is 1. The summed E-state index contributed by atoms with van der Waals surface area (Å²) >= 11 is 6.01. The first-order valence-electron chi connectivity index (χ1n) is 6.61. The van der Waals surface area contributed by atoms with Crippen LogP contribution in [-0.4, -0.2) is 55.4 Å². The summed E-state index contributed by atoms with van der Waals surface area (Å²) in [7, 11) is -1.49. The van der Waals surface area contributed by atoms with Gasteiger partial charge in [-0.2, -0.15) is 0 Å². The maximum absolute atomic E-state index is 12.4. The van der Waals surface area contributed by atoms with Crippen molar-refractivity contribution in [1.29, 1.82) is 0 Å². The zero-order valence-corrected chi connectivity index (χ0v) is 13.4. The van der Waals surface area contributed by atoms with Crippen molar-refractivity contribution in [2.75, 3.05) is 25.2 Å². The van der Waals surface area contributed by atoms with E-state index in [0.29, 0.717) is 18.9 Å². The van der Waals surface area contributed by atoms with Crippen molar-refractivity contribution >= 4 is 27.3 Å². The van der Waals surface area contributed by atoms with Crippen molar-refractivity contribution in [2.45, 2.75) is 19.4 Å². The Bertz CT molecular complexity index is 648. The van der Waals surface area contributed by atoms with E-state index < -0.39 is 15.7 Å². The first-order valence-corrected chi connectivity index (χ1v) is 8.81. The highest BCUT2D eigenvalue weighted by Gasteiger charge is 2.34. The molecular weight excluding hydrogens is 316 g/mol. The Labute approximate surface area is 129 Å². The number of carbonyl (C=O) groups excluding carboxylic acids is 1. The first kappa shape index (κ1) is 16.0. The third-order valence-corrected chi connectivity index (χ3v) is 5.45. The van der Waals surface area contributed by atoms with Crippen LogP contribution in [0.3, 0.4) is 0 Å². The van der Waals surface area contributed by atoms with Gasteiger partial charge in [-0.25, -0.2) is 13.4 Å². The lowest BCUT2D eigenvalue weighted by Crippen LogP contribution is -2.38. The molecule has 2 rings (SSSR count). The second kappa shape index (κ2) is 6.19. The molecule has 0 spiro atoms. The standard InChI is InChI=1S/C13H17ClN2O4S/c1-3-20-11-5-4-10(14)12(15-11)13(17)16(2)9-6-7-21(18,19)8-9/h4-5,9H,3,6-8H2,1-2H3/t9-/m1/s1. The highest BCUT2D eigenvalue weighted by atomic mass is 35.5. The van der Waals surface area contributed by atoms with Crippen LogP contribution in [-0.2, 0) is 9.84 Å². The molecule has 0 N–H and O–H groups in total. The summed E-state index contributed by atoms with van der Waals surface area (Å²) in [6, 6.07) is 2.80. The van der Waals surface area contributed by atoms with Gasteiger partial charge in [-0.1, -0.05) is 11.6 Å². The predicted octanol–water partition coefficient (Wildman–Crippen LogP) is 1.39. The lowest BCUT2D eigenvalue weighted by atomic mass is 10.2. The van der Waals surface area contributed by atoms with Crippen LogP contribution >= 0.6 is 11.6 Å². The summed E-state index contributed by atoms with van der Waals surface area (Å²) in [5.41, 5.74) is 0.0782. The molecule has 0 unspecified atom stereocenters. The fourth-order valence-corrected chi connectivity index (χ4v) is 4.18. The smallest absolute Gasteiger partial charge is 0.274 e. The molecule has 0 aliphatic carbocycles. The number of hydrogen-bond donors (Lipinski definition) is 0. The zero-order chi connectivity index (χ0) is 15.6. The summed E-state index contributed by atoms with van der Waals surface area (Å²) in [6.07, 6.45) is 0.438.